The van der Waals surface area contributed by atoms with Gasteiger partial charge in [0.05, 0.1) is 0 Å². The summed E-state index contributed by atoms with van der Waals surface area (Å²) in [4.78, 5) is 37.7. The second-order valence-corrected chi connectivity index (χ2v) is 18.8. The molecule has 0 saturated heterocycles. The van der Waals surface area contributed by atoms with Crippen LogP contribution in [0.25, 0.3) is 0 Å². The highest BCUT2D eigenvalue weighted by Gasteiger charge is 2.19. The van der Waals surface area contributed by atoms with E-state index < -0.39 is 6.10 Å². The summed E-state index contributed by atoms with van der Waals surface area (Å²) in [6, 6.07) is 0. The van der Waals surface area contributed by atoms with Gasteiger partial charge in [-0.3, -0.25) is 14.4 Å². The van der Waals surface area contributed by atoms with Gasteiger partial charge in [0, 0.05) is 19.3 Å². The summed E-state index contributed by atoms with van der Waals surface area (Å²) in [5.74, 6) is -0.934. The van der Waals surface area contributed by atoms with E-state index in [9.17, 15) is 14.4 Å². The molecule has 0 aliphatic rings. The Hall–Kier alpha value is -2.63. The van der Waals surface area contributed by atoms with E-state index >= 15 is 0 Å². The van der Waals surface area contributed by atoms with E-state index in [1.165, 1.54) is 161 Å². The zero-order valence-electron chi connectivity index (χ0n) is 43.3. The van der Waals surface area contributed by atoms with Gasteiger partial charge in [0.1, 0.15) is 13.2 Å². The summed E-state index contributed by atoms with van der Waals surface area (Å²) in [6.45, 7) is 6.43. The van der Waals surface area contributed by atoms with Gasteiger partial charge in [-0.1, -0.05) is 262 Å². The maximum Gasteiger partial charge on any atom is 0.306 e. The van der Waals surface area contributed by atoms with Crippen molar-refractivity contribution in [3.63, 3.8) is 0 Å². The molecule has 0 radical (unpaired) electrons. The summed E-state index contributed by atoms with van der Waals surface area (Å²) in [5, 5.41) is 0. The molecule has 378 valence electrons. The summed E-state index contributed by atoms with van der Waals surface area (Å²) in [5.41, 5.74) is 0. The van der Waals surface area contributed by atoms with Gasteiger partial charge in [-0.2, -0.15) is 0 Å². The molecule has 1 unspecified atom stereocenters. The molecule has 0 rings (SSSR count). The molecule has 1 atom stereocenters. The van der Waals surface area contributed by atoms with Crippen molar-refractivity contribution in [2.45, 2.75) is 297 Å². The van der Waals surface area contributed by atoms with Crippen LogP contribution < -0.4 is 0 Å². The van der Waals surface area contributed by atoms with Crippen LogP contribution >= 0.6 is 0 Å². The Bertz CT molecular complexity index is 1140. The summed E-state index contributed by atoms with van der Waals surface area (Å²) in [7, 11) is 0. The molecule has 0 amide bonds. The van der Waals surface area contributed by atoms with E-state index in [1.54, 1.807) is 0 Å². The van der Waals surface area contributed by atoms with Crippen molar-refractivity contribution in [1.82, 2.24) is 0 Å². The number of unbranched alkanes of at least 4 members (excludes halogenated alkanes) is 32. The molecule has 65 heavy (non-hydrogen) atoms. The summed E-state index contributed by atoms with van der Waals surface area (Å²) >= 11 is 0. The molecule has 0 N–H and O–H groups in total. The van der Waals surface area contributed by atoms with E-state index in [2.05, 4.69) is 69.4 Å². The van der Waals surface area contributed by atoms with Gasteiger partial charge in [-0.25, -0.2) is 0 Å². The first-order valence-electron chi connectivity index (χ1n) is 28.1. The van der Waals surface area contributed by atoms with Crippen LogP contribution in [-0.2, 0) is 28.6 Å². The highest BCUT2D eigenvalue weighted by atomic mass is 16.6. The third-order valence-electron chi connectivity index (χ3n) is 12.3. The quantitative estimate of drug-likeness (QED) is 0.0262. The van der Waals surface area contributed by atoms with Crippen LogP contribution in [0.3, 0.4) is 0 Å². The Labute approximate surface area is 403 Å². The zero-order valence-corrected chi connectivity index (χ0v) is 43.3. The Morgan fingerprint density at radius 3 is 0.938 bits per heavy atom. The van der Waals surface area contributed by atoms with E-state index in [4.69, 9.17) is 14.2 Å². The predicted octanol–water partition coefficient (Wildman–Crippen LogP) is 18.7. The third kappa shape index (κ3) is 52.2. The lowest BCUT2D eigenvalue weighted by Crippen LogP contribution is -2.30. The first-order valence-corrected chi connectivity index (χ1v) is 28.1. The van der Waals surface area contributed by atoms with Gasteiger partial charge >= 0.3 is 17.9 Å². The number of carbonyl (C=O) groups excluding carboxylic acids is 3. The van der Waals surface area contributed by atoms with Crippen molar-refractivity contribution in [3.05, 3.63) is 48.6 Å². The predicted molar refractivity (Wildman–Crippen MR) is 279 cm³/mol. The van der Waals surface area contributed by atoms with Crippen LogP contribution in [0.4, 0.5) is 0 Å². The Morgan fingerprint density at radius 1 is 0.323 bits per heavy atom. The second-order valence-electron chi connectivity index (χ2n) is 18.8. The maximum atomic E-state index is 12.7. The van der Waals surface area contributed by atoms with Crippen molar-refractivity contribution in [1.29, 1.82) is 0 Å². The minimum absolute atomic E-state index is 0.0875. The van der Waals surface area contributed by atoms with E-state index in [0.29, 0.717) is 19.3 Å². The molecule has 0 spiro atoms. The number of allylic oxidation sites excluding steroid dienone is 8. The van der Waals surface area contributed by atoms with E-state index in [-0.39, 0.29) is 37.5 Å². The first-order chi connectivity index (χ1) is 32.0. The maximum absolute atomic E-state index is 12.7. The lowest BCUT2D eigenvalue weighted by molar-refractivity contribution is -0.167. The molecule has 6 heteroatoms. The zero-order chi connectivity index (χ0) is 47.2. The van der Waals surface area contributed by atoms with Crippen molar-refractivity contribution < 1.29 is 28.6 Å². The smallest absolute Gasteiger partial charge is 0.306 e. The van der Waals surface area contributed by atoms with Crippen LogP contribution in [0.5, 0.6) is 0 Å². The number of hydrogen-bond donors (Lipinski definition) is 0. The monoisotopic (exact) mass is 911 g/mol. The average molecular weight is 911 g/mol. The topological polar surface area (TPSA) is 78.9 Å². The highest BCUT2D eigenvalue weighted by Crippen LogP contribution is 2.17. The number of hydrogen-bond acceptors (Lipinski definition) is 6. The van der Waals surface area contributed by atoms with E-state index in [1.807, 2.05) is 0 Å². The number of carbonyl (C=O) groups is 3. The van der Waals surface area contributed by atoms with Crippen molar-refractivity contribution >= 4 is 17.9 Å². The molecule has 0 heterocycles. The fraction of sp³-hybridized carbons (Fsp3) is 0.814. The summed E-state index contributed by atoms with van der Waals surface area (Å²) < 4.78 is 16.7. The van der Waals surface area contributed by atoms with Crippen LogP contribution in [0.2, 0.25) is 0 Å². The lowest BCUT2D eigenvalue weighted by Gasteiger charge is -2.18. The molecular formula is C59H106O6. The Kier molecular flexibility index (Phi) is 51.8. The largest absolute Gasteiger partial charge is 0.462 e. The third-order valence-corrected chi connectivity index (χ3v) is 12.3. The molecular weight excluding hydrogens is 805 g/mol. The molecule has 0 aliphatic carbocycles. The Balaban J connectivity index is 4.02. The SMILES string of the molecule is CC/C=C\C/C=C\C/C=C\C/C=C\CCCCC(=O)OC(COC(=O)CCCCCCC)COC(=O)CCCCCCCCCCCCCCCCCCCCCCCCCCCCC. The minimum atomic E-state index is -0.788. The number of rotatable bonds is 51. The average Bonchev–Trinajstić information content (AvgIpc) is 3.30. The normalized spacial score (nSPS) is 12.4. The molecule has 6 nitrogen and oxygen atoms in total. The fourth-order valence-corrected chi connectivity index (χ4v) is 8.14. The molecule has 0 fully saturated rings. The lowest BCUT2D eigenvalue weighted by atomic mass is 10.0. The van der Waals surface area contributed by atoms with Gasteiger partial charge in [0.15, 0.2) is 6.10 Å². The molecule has 0 aromatic rings. The number of ether oxygens (including phenoxy) is 3. The minimum Gasteiger partial charge on any atom is -0.462 e. The Morgan fingerprint density at radius 2 is 0.600 bits per heavy atom. The molecule has 0 aromatic carbocycles. The van der Waals surface area contributed by atoms with Crippen LogP contribution in [0.15, 0.2) is 48.6 Å². The first kappa shape index (κ1) is 62.4. The highest BCUT2D eigenvalue weighted by molar-refractivity contribution is 5.71. The standard InChI is InChI=1S/C59H106O6/c1-4-7-10-13-15-17-19-21-23-24-25-26-27-28-29-30-31-32-33-34-36-37-39-41-43-46-49-52-58(61)64-55-56(54-63-57(60)51-48-45-12-9-6-3)65-59(62)53-50-47-44-42-40-38-35-22-20-18-16-14-11-8-5-2/h8,11,16,18,22,35,40,42,56H,4-7,9-10,12-15,17,19-21,23-34,36-39,41,43-55H2,1-3H3/b11-8-,18-16-,35-22-,42-40-. The van der Waals surface area contributed by atoms with Crippen LogP contribution in [0.1, 0.15) is 290 Å². The van der Waals surface area contributed by atoms with Gasteiger partial charge in [-0.05, 0) is 57.8 Å². The van der Waals surface area contributed by atoms with Gasteiger partial charge < -0.3 is 14.2 Å². The molecule has 0 saturated carbocycles. The molecule has 0 aromatic heterocycles. The van der Waals surface area contributed by atoms with Gasteiger partial charge in [0.2, 0.25) is 0 Å². The van der Waals surface area contributed by atoms with Crippen molar-refractivity contribution in [3.8, 4) is 0 Å². The second kappa shape index (κ2) is 54.0. The van der Waals surface area contributed by atoms with Crippen LogP contribution in [0, 0.1) is 0 Å². The molecule has 0 bridgehead atoms. The summed E-state index contributed by atoms with van der Waals surface area (Å²) in [6.07, 6.45) is 66.0. The molecule has 0 aliphatic heterocycles. The van der Waals surface area contributed by atoms with Crippen molar-refractivity contribution in [2.24, 2.45) is 0 Å². The van der Waals surface area contributed by atoms with E-state index in [0.717, 1.165) is 83.5 Å². The van der Waals surface area contributed by atoms with Gasteiger partial charge in [-0.15, -0.1) is 0 Å². The van der Waals surface area contributed by atoms with Crippen molar-refractivity contribution in [2.75, 3.05) is 13.2 Å². The fourth-order valence-electron chi connectivity index (χ4n) is 8.14. The van der Waals surface area contributed by atoms with Crippen LogP contribution in [-0.4, -0.2) is 37.2 Å². The van der Waals surface area contributed by atoms with Gasteiger partial charge in [0.25, 0.3) is 0 Å². The number of esters is 3.